The van der Waals surface area contributed by atoms with Gasteiger partial charge < -0.3 is 10.2 Å². The fourth-order valence-electron chi connectivity index (χ4n) is 2.93. The number of amides is 2. The van der Waals surface area contributed by atoms with Crippen molar-refractivity contribution in [3.8, 4) is 0 Å². The lowest BCUT2D eigenvalue weighted by Gasteiger charge is -2.42. The van der Waals surface area contributed by atoms with Gasteiger partial charge in [-0.1, -0.05) is 18.2 Å². The number of carbonyl (C=O) groups is 2. The molecule has 2 aliphatic heterocycles. The molecule has 0 bridgehead atoms. The summed E-state index contributed by atoms with van der Waals surface area (Å²) in [6, 6.07) is 7.71. The van der Waals surface area contributed by atoms with Gasteiger partial charge in [0.15, 0.2) is 0 Å². The molecule has 2 aliphatic rings. The van der Waals surface area contributed by atoms with E-state index in [0.717, 1.165) is 5.69 Å². The first-order chi connectivity index (χ1) is 10.4. The molecule has 1 aromatic carbocycles. The lowest BCUT2D eigenvalue weighted by atomic mass is 10.0. The fourth-order valence-corrected chi connectivity index (χ4v) is 3.83. The normalized spacial score (nSPS) is 24.0. The van der Waals surface area contributed by atoms with Gasteiger partial charge in [-0.2, -0.15) is 8.42 Å². The molecule has 2 amide bonds. The van der Waals surface area contributed by atoms with Crippen molar-refractivity contribution in [1.82, 2.24) is 9.21 Å². The number of nitrogens with one attached hydrogen (secondary N) is 1. The van der Waals surface area contributed by atoms with Crippen LogP contribution in [-0.4, -0.2) is 59.2 Å². The summed E-state index contributed by atoms with van der Waals surface area (Å²) in [5, 5.41) is 2.95. The van der Waals surface area contributed by atoms with Crippen molar-refractivity contribution < 1.29 is 22.6 Å². The first-order valence-electron chi connectivity index (χ1n) is 6.78. The van der Waals surface area contributed by atoms with Crippen molar-refractivity contribution in [1.29, 1.82) is 0 Å². The zero-order valence-corrected chi connectivity index (χ0v) is 12.4. The maximum Gasteiger partial charge on any atom is 0.362 e. The van der Waals surface area contributed by atoms with Crippen LogP contribution in [0.2, 0.25) is 0 Å². The van der Waals surface area contributed by atoms with Gasteiger partial charge in [-0.15, -0.1) is 0 Å². The van der Waals surface area contributed by atoms with Gasteiger partial charge in [0, 0.05) is 12.2 Å². The predicted octanol–water partition coefficient (Wildman–Crippen LogP) is -0.287. The summed E-state index contributed by atoms with van der Waals surface area (Å²) in [6.07, 6.45) is 0.341. The number of likely N-dealkylation sites (tertiary alicyclic amines) is 1. The molecule has 0 radical (unpaired) electrons. The smallest absolute Gasteiger partial charge is 0.362 e. The van der Waals surface area contributed by atoms with E-state index in [4.69, 9.17) is 4.55 Å². The molecule has 22 heavy (non-hydrogen) atoms. The van der Waals surface area contributed by atoms with Crippen molar-refractivity contribution in [3.63, 3.8) is 0 Å². The molecule has 2 saturated heterocycles. The number of benzene rings is 1. The zero-order valence-electron chi connectivity index (χ0n) is 11.5. The molecule has 2 fully saturated rings. The van der Waals surface area contributed by atoms with Crippen LogP contribution in [0.25, 0.3) is 0 Å². The Balaban J connectivity index is 1.63. The number of β-lactam (4-membered cyclic amide) rings is 1. The number of fused-ring (bicyclic) bond motifs is 1. The van der Waals surface area contributed by atoms with Gasteiger partial charge in [0.2, 0.25) is 5.91 Å². The van der Waals surface area contributed by atoms with Crippen LogP contribution in [0.5, 0.6) is 0 Å². The minimum atomic E-state index is -4.54. The number of hydrogen-bond donors (Lipinski definition) is 2. The molecular weight excluding hydrogens is 310 g/mol. The van der Waals surface area contributed by atoms with Crippen LogP contribution in [0.3, 0.4) is 0 Å². The summed E-state index contributed by atoms with van der Waals surface area (Å²) in [5.41, 5.74) is 0.783. The van der Waals surface area contributed by atoms with Crippen molar-refractivity contribution in [2.75, 3.05) is 18.4 Å². The van der Waals surface area contributed by atoms with Crippen molar-refractivity contribution in [3.05, 3.63) is 30.3 Å². The van der Waals surface area contributed by atoms with Gasteiger partial charge >= 0.3 is 10.3 Å². The first-order valence-corrected chi connectivity index (χ1v) is 8.18. The molecule has 2 atom stereocenters. The Hall–Kier alpha value is -2.13. The first kappa shape index (κ1) is 14.8. The highest BCUT2D eigenvalue weighted by atomic mass is 32.2. The summed E-state index contributed by atoms with van der Waals surface area (Å²) in [4.78, 5) is 25.4. The predicted molar refractivity (Wildman–Crippen MR) is 77.2 cm³/mol. The number of para-hydroxylation sites is 1. The van der Waals surface area contributed by atoms with E-state index in [0.29, 0.717) is 17.3 Å². The topological polar surface area (TPSA) is 107 Å². The van der Waals surface area contributed by atoms with Crippen molar-refractivity contribution in [2.24, 2.45) is 0 Å². The number of rotatable bonds is 4. The lowest BCUT2D eigenvalue weighted by molar-refractivity contribution is -0.151. The van der Waals surface area contributed by atoms with Gasteiger partial charge in [0.25, 0.3) is 5.91 Å². The van der Waals surface area contributed by atoms with Crippen LogP contribution in [0.15, 0.2) is 30.3 Å². The monoisotopic (exact) mass is 325 g/mol. The molecule has 0 saturated carbocycles. The molecule has 0 unspecified atom stereocenters. The summed E-state index contributed by atoms with van der Waals surface area (Å²) >= 11 is 0. The van der Waals surface area contributed by atoms with Gasteiger partial charge in [-0.05, 0) is 18.6 Å². The molecule has 3 rings (SSSR count). The second kappa shape index (κ2) is 5.25. The van der Waals surface area contributed by atoms with Crippen LogP contribution in [0.4, 0.5) is 5.69 Å². The van der Waals surface area contributed by atoms with E-state index in [1.807, 2.05) is 30.3 Å². The van der Waals surface area contributed by atoms with E-state index in [-0.39, 0.29) is 12.5 Å². The highest BCUT2D eigenvalue weighted by Crippen LogP contribution is 2.35. The van der Waals surface area contributed by atoms with E-state index in [2.05, 4.69) is 5.32 Å². The lowest BCUT2D eigenvalue weighted by Crippen LogP contribution is -2.68. The minimum Gasteiger partial charge on any atom is -0.376 e. The number of carbonyl (C=O) groups excluding carboxylic acids is 2. The Morgan fingerprint density at radius 2 is 2.00 bits per heavy atom. The van der Waals surface area contributed by atoms with Crippen LogP contribution < -0.4 is 5.32 Å². The average Bonchev–Trinajstić information content (AvgIpc) is 2.83. The molecule has 2 heterocycles. The third-order valence-electron chi connectivity index (χ3n) is 3.92. The Morgan fingerprint density at radius 3 is 2.64 bits per heavy atom. The Morgan fingerprint density at radius 1 is 1.32 bits per heavy atom. The maximum atomic E-state index is 12.2. The maximum absolute atomic E-state index is 12.2. The SMILES string of the molecule is O=C(CNc1ccccc1)N1CC[C@@H]2[C@@H]1C(=O)N2S(=O)(=O)O. The van der Waals surface area contributed by atoms with Gasteiger partial charge in [-0.25, -0.2) is 4.31 Å². The van der Waals surface area contributed by atoms with E-state index in [1.165, 1.54) is 4.90 Å². The summed E-state index contributed by atoms with van der Waals surface area (Å²) < 4.78 is 31.6. The molecule has 8 nitrogen and oxygen atoms in total. The van der Waals surface area contributed by atoms with E-state index < -0.39 is 28.3 Å². The number of nitrogens with zero attached hydrogens (tertiary/aromatic N) is 2. The second-order valence-electron chi connectivity index (χ2n) is 5.22. The summed E-state index contributed by atoms with van der Waals surface area (Å²) in [5.74, 6) is -1.03. The van der Waals surface area contributed by atoms with E-state index >= 15 is 0 Å². The number of hydrogen-bond acceptors (Lipinski definition) is 5. The van der Waals surface area contributed by atoms with Gasteiger partial charge in [0.1, 0.15) is 6.04 Å². The Bertz CT molecular complexity index is 706. The largest absolute Gasteiger partial charge is 0.376 e. The molecule has 0 aromatic heterocycles. The highest BCUT2D eigenvalue weighted by Gasteiger charge is 2.59. The van der Waals surface area contributed by atoms with E-state index in [1.54, 1.807) is 0 Å². The third-order valence-corrected chi connectivity index (χ3v) is 4.87. The van der Waals surface area contributed by atoms with Crippen LogP contribution in [-0.2, 0) is 19.9 Å². The zero-order chi connectivity index (χ0) is 15.9. The minimum absolute atomic E-state index is 0.0202. The molecule has 2 N–H and O–H groups in total. The molecule has 0 spiro atoms. The van der Waals surface area contributed by atoms with Gasteiger partial charge in [0.05, 0.1) is 12.6 Å². The molecule has 0 aliphatic carbocycles. The third kappa shape index (κ3) is 2.42. The highest BCUT2D eigenvalue weighted by molar-refractivity contribution is 7.84. The van der Waals surface area contributed by atoms with Crippen LogP contribution >= 0.6 is 0 Å². The fraction of sp³-hybridized carbons (Fsp3) is 0.385. The van der Waals surface area contributed by atoms with Gasteiger partial charge in [-0.3, -0.25) is 14.1 Å². The Kier molecular flexibility index (Phi) is 3.53. The Labute approximate surface area is 127 Å². The molecule has 9 heteroatoms. The van der Waals surface area contributed by atoms with Crippen molar-refractivity contribution in [2.45, 2.75) is 18.5 Å². The molecular formula is C13H15N3O5S. The summed E-state index contributed by atoms with van der Waals surface area (Å²) in [7, 11) is -4.54. The molecule has 1 aromatic rings. The second-order valence-corrected chi connectivity index (χ2v) is 6.51. The van der Waals surface area contributed by atoms with Crippen LogP contribution in [0.1, 0.15) is 6.42 Å². The standard InChI is InChI=1S/C13H15N3O5S/c17-11(8-14-9-4-2-1-3-5-9)15-7-6-10-12(15)13(18)16(10)22(19,20)21/h1-5,10,12,14H,6-8H2,(H,19,20,21)/t10-,12-/m1/s1. The summed E-state index contributed by atoms with van der Waals surface area (Å²) in [6.45, 7) is 0.314. The van der Waals surface area contributed by atoms with E-state index in [9.17, 15) is 18.0 Å². The van der Waals surface area contributed by atoms with Crippen LogP contribution in [0, 0.1) is 0 Å². The average molecular weight is 325 g/mol. The number of anilines is 1. The molecule has 118 valence electrons. The quantitative estimate of drug-likeness (QED) is 0.582. The van der Waals surface area contributed by atoms with Crippen molar-refractivity contribution >= 4 is 27.8 Å².